The van der Waals surface area contributed by atoms with Gasteiger partial charge in [-0.25, -0.2) is 4.79 Å². The first-order chi connectivity index (χ1) is 21.0. The van der Waals surface area contributed by atoms with Crippen LogP contribution in [0.4, 0.5) is 4.79 Å². The highest BCUT2D eigenvalue weighted by atomic mass is 35.5. The van der Waals surface area contributed by atoms with Crippen molar-refractivity contribution in [1.29, 1.82) is 0 Å². The summed E-state index contributed by atoms with van der Waals surface area (Å²) in [5.74, 6) is -1.48. The molecule has 1 saturated carbocycles. The summed E-state index contributed by atoms with van der Waals surface area (Å²) in [6.07, 6.45) is 2.54. The van der Waals surface area contributed by atoms with Crippen molar-refractivity contribution in [2.75, 3.05) is 39.9 Å². The van der Waals surface area contributed by atoms with Crippen molar-refractivity contribution in [3.63, 3.8) is 0 Å². The molecule has 2 saturated heterocycles. The number of fused-ring (bicyclic) bond motifs is 1. The van der Waals surface area contributed by atoms with Crippen LogP contribution in [0, 0.1) is 23.2 Å². The molecule has 240 valence electrons. The summed E-state index contributed by atoms with van der Waals surface area (Å²) >= 11 is 12.8. The molecule has 3 amide bonds. The predicted molar refractivity (Wildman–Crippen MR) is 164 cm³/mol. The van der Waals surface area contributed by atoms with Crippen molar-refractivity contribution in [3.05, 3.63) is 45.6 Å². The van der Waals surface area contributed by atoms with Crippen molar-refractivity contribution in [1.82, 2.24) is 14.7 Å². The van der Waals surface area contributed by atoms with Gasteiger partial charge in [0, 0.05) is 54.3 Å². The van der Waals surface area contributed by atoms with Gasteiger partial charge in [0.2, 0.25) is 11.8 Å². The van der Waals surface area contributed by atoms with E-state index in [4.69, 9.17) is 37.4 Å². The fraction of sp³-hybridized carbons (Fsp3) is 0.625. The fourth-order valence-corrected chi connectivity index (χ4v) is 7.19. The standard InChI is InChI=1S/C32H41Cl2N3O7/c1-5-43-31(41)36-12-10-35(11-13-36)27(38)14-22-17-32(30(40)42-4)26(16-25(19(2)3)44-28(32)20-6-7-20)37(29(22)39)18-21-8-9-23(33)15-24(21)34/h8-9,15-16,19-20,22,25,28H,5-7,10-14,17-18H2,1-4H3/t22-,25+,28+,32+/m0/s1. The molecule has 0 spiro atoms. The highest BCUT2D eigenvalue weighted by Crippen LogP contribution is 2.57. The third-order valence-electron chi connectivity index (χ3n) is 9.22. The minimum absolute atomic E-state index is 0.0832. The molecule has 44 heavy (non-hydrogen) atoms. The van der Waals surface area contributed by atoms with E-state index in [2.05, 4.69) is 0 Å². The van der Waals surface area contributed by atoms with E-state index in [0.29, 0.717) is 47.5 Å². The van der Waals surface area contributed by atoms with Crippen LogP contribution in [0.1, 0.15) is 52.0 Å². The number of carbonyl (C=O) groups excluding carboxylic acids is 4. The highest BCUT2D eigenvalue weighted by molar-refractivity contribution is 6.35. The molecule has 4 atom stereocenters. The molecule has 3 heterocycles. The maximum Gasteiger partial charge on any atom is 0.409 e. The number of piperazine rings is 1. The number of amides is 3. The number of methoxy groups -OCH3 is 1. The molecule has 3 fully saturated rings. The number of piperidine rings is 1. The van der Waals surface area contributed by atoms with E-state index in [1.54, 1.807) is 39.8 Å². The molecule has 0 unspecified atom stereocenters. The summed E-state index contributed by atoms with van der Waals surface area (Å²) in [7, 11) is 1.35. The first-order valence-corrected chi connectivity index (χ1v) is 16.2. The number of rotatable bonds is 8. The van der Waals surface area contributed by atoms with Gasteiger partial charge in [-0.15, -0.1) is 0 Å². The molecule has 4 aliphatic rings. The second-order valence-electron chi connectivity index (χ2n) is 12.4. The van der Waals surface area contributed by atoms with Gasteiger partial charge < -0.3 is 28.9 Å². The van der Waals surface area contributed by atoms with E-state index in [1.165, 1.54) is 7.11 Å². The third-order valence-corrected chi connectivity index (χ3v) is 9.81. The Morgan fingerprint density at radius 1 is 1.09 bits per heavy atom. The molecule has 5 rings (SSSR count). The van der Waals surface area contributed by atoms with Crippen LogP contribution >= 0.6 is 23.2 Å². The summed E-state index contributed by atoms with van der Waals surface area (Å²) in [4.78, 5) is 59.1. The lowest BCUT2D eigenvalue weighted by Gasteiger charge is -2.53. The molecule has 3 aliphatic heterocycles. The lowest BCUT2D eigenvalue weighted by atomic mass is 9.64. The second-order valence-corrected chi connectivity index (χ2v) is 13.3. The Balaban J connectivity index is 1.49. The first kappa shape index (κ1) is 32.6. The Morgan fingerprint density at radius 2 is 1.77 bits per heavy atom. The molecule has 12 heteroatoms. The maximum absolute atomic E-state index is 14.4. The molecule has 1 aromatic carbocycles. The normalized spacial score (nSPS) is 27.2. The van der Waals surface area contributed by atoms with Crippen molar-refractivity contribution in [2.45, 2.75) is 65.2 Å². The Bertz CT molecular complexity index is 1320. The predicted octanol–water partition coefficient (Wildman–Crippen LogP) is 4.91. The Kier molecular flexibility index (Phi) is 9.82. The van der Waals surface area contributed by atoms with Crippen LogP contribution in [0.2, 0.25) is 10.0 Å². The minimum Gasteiger partial charge on any atom is -0.468 e. The monoisotopic (exact) mass is 649 g/mol. The minimum atomic E-state index is -1.26. The van der Waals surface area contributed by atoms with Gasteiger partial charge in [0.15, 0.2) is 0 Å². The van der Waals surface area contributed by atoms with Gasteiger partial charge in [0.05, 0.1) is 32.5 Å². The average molecular weight is 651 g/mol. The average Bonchev–Trinajstić information content (AvgIpc) is 3.85. The van der Waals surface area contributed by atoms with Gasteiger partial charge in [-0.1, -0.05) is 43.1 Å². The van der Waals surface area contributed by atoms with Crippen LogP contribution in [-0.4, -0.2) is 90.7 Å². The lowest BCUT2D eigenvalue weighted by Crippen LogP contribution is -2.62. The molecular formula is C32H41Cl2N3O7. The number of likely N-dealkylation sites (tertiary alicyclic amines) is 1. The number of halogens is 2. The molecule has 0 N–H and O–H groups in total. The van der Waals surface area contributed by atoms with Crippen molar-refractivity contribution in [3.8, 4) is 0 Å². The summed E-state index contributed by atoms with van der Waals surface area (Å²) in [6.45, 7) is 7.58. The number of hydrogen-bond donors (Lipinski definition) is 0. The molecule has 1 aromatic rings. The van der Waals surface area contributed by atoms with Crippen LogP contribution in [0.25, 0.3) is 0 Å². The molecule has 0 radical (unpaired) electrons. The van der Waals surface area contributed by atoms with Crippen LogP contribution in [0.15, 0.2) is 30.0 Å². The van der Waals surface area contributed by atoms with Gasteiger partial charge in [-0.2, -0.15) is 0 Å². The summed E-state index contributed by atoms with van der Waals surface area (Å²) in [6, 6.07) is 5.11. The van der Waals surface area contributed by atoms with Crippen molar-refractivity contribution >= 4 is 47.1 Å². The summed E-state index contributed by atoms with van der Waals surface area (Å²) < 4.78 is 17.2. The quantitative estimate of drug-likeness (QED) is 0.369. The fourth-order valence-electron chi connectivity index (χ4n) is 6.73. The highest BCUT2D eigenvalue weighted by Gasteiger charge is 2.64. The molecule has 0 aromatic heterocycles. The van der Waals surface area contributed by atoms with E-state index in [0.717, 1.165) is 12.8 Å². The Labute approximate surface area is 268 Å². The van der Waals surface area contributed by atoms with Crippen LogP contribution in [-0.2, 0) is 35.1 Å². The maximum atomic E-state index is 14.4. The smallest absolute Gasteiger partial charge is 0.409 e. The van der Waals surface area contributed by atoms with Crippen LogP contribution in [0.3, 0.4) is 0 Å². The van der Waals surface area contributed by atoms with E-state index < -0.39 is 29.5 Å². The number of benzene rings is 1. The zero-order chi connectivity index (χ0) is 31.8. The topological polar surface area (TPSA) is 106 Å². The molecular weight excluding hydrogens is 609 g/mol. The first-order valence-electron chi connectivity index (χ1n) is 15.4. The van der Waals surface area contributed by atoms with Crippen LogP contribution in [0.5, 0.6) is 0 Å². The van der Waals surface area contributed by atoms with Gasteiger partial charge in [-0.05, 0) is 61.8 Å². The molecule has 0 bridgehead atoms. The number of hydrogen-bond acceptors (Lipinski definition) is 7. The largest absolute Gasteiger partial charge is 0.468 e. The van der Waals surface area contributed by atoms with Gasteiger partial charge in [0.25, 0.3) is 0 Å². The van der Waals surface area contributed by atoms with Gasteiger partial charge in [0.1, 0.15) is 5.41 Å². The SMILES string of the molecule is CCOC(=O)N1CCN(C(=O)C[C@H]2C[C@@]3(C(=O)OC)C(=C[C@H](C(C)C)O[C@@H]3C3CC3)N(Cc3ccc(Cl)cc3Cl)C2=O)CC1. The molecule has 10 nitrogen and oxygen atoms in total. The summed E-state index contributed by atoms with van der Waals surface area (Å²) in [5.41, 5.74) is -0.0301. The van der Waals surface area contributed by atoms with Crippen LogP contribution < -0.4 is 0 Å². The number of ether oxygens (including phenoxy) is 3. The zero-order valence-electron chi connectivity index (χ0n) is 25.7. The van der Waals surface area contributed by atoms with E-state index in [-0.39, 0.29) is 55.7 Å². The van der Waals surface area contributed by atoms with Crippen molar-refractivity contribution < 1.29 is 33.4 Å². The van der Waals surface area contributed by atoms with E-state index in [1.807, 2.05) is 19.9 Å². The number of carbonyl (C=O) groups is 4. The summed E-state index contributed by atoms with van der Waals surface area (Å²) in [5, 5.41) is 0.872. The third kappa shape index (κ3) is 6.30. The Hall–Kier alpha value is -2.82. The lowest BCUT2D eigenvalue weighted by molar-refractivity contribution is -0.182. The molecule has 1 aliphatic carbocycles. The number of esters is 1. The van der Waals surface area contributed by atoms with E-state index in [9.17, 15) is 19.2 Å². The Morgan fingerprint density at radius 3 is 2.36 bits per heavy atom. The zero-order valence-corrected chi connectivity index (χ0v) is 27.2. The number of nitrogens with zero attached hydrogens (tertiary/aromatic N) is 3. The van der Waals surface area contributed by atoms with Gasteiger partial charge >= 0.3 is 12.1 Å². The van der Waals surface area contributed by atoms with E-state index >= 15 is 0 Å². The van der Waals surface area contributed by atoms with Gasteiger partial charge in [-0.3, -0.25) is 14.4 Å². The van der Waals surface area contributed by atoms with Crippen molar-refractivity contribution in [2.24, 2.45) is 23.2 Å². The second kappa shape index (κ2) is 13.3.